The molecule has 18 heavy (non-hydrogen) atoms. The number of ether oxygens (including phenoxy) is 1. The van der Waals surface area contributed by atoms with Crippen LogP contribution in [0.25, 0.3) is 0 Å². The van der Waals surface area contributed by atoms with E-state index in [9.17, 15) is 4.39 Å². The number of rotatable bonds is 3. The molecule has 0 unspecified atom stereocenters. The van der Waals surface area contributed by atoms with E-state index in [0.717, 1.165) is 11.1 Å². The van der Waals surface area contributed by atoms with Crippen molar-refractivity contribution in [2.75, 3.05) is 0 Å². The van der Waals surface area contributed by atoms with E-state index in [-0.39, 0.29) is 12.4 Å². The van der Waals surface area contributed by atoms with E-state index in [1.54, 1.807) is 18.2 Å². The lowest BCUT2D eigenvalue weighted by Crippen LogP contribution is -1.91. The van der Waals surface area contributed by atoms with Gasteiger partial charge in [-0.15, -0.1) is 0 Å². The molecule has 0 radical (unpaired) electrons. The molecule has 0 fully saturated rings. The van der Waals surface area contributed by atoms with Crippen molar-refractivity contribution in [1.82, 2.24) is 0 Å². The van der Waals surface area contributed by atoms with Gasteiger partial charge in [-0.3, -0.25) is 0 Å². The molecule has 2 aromatic rings. The minimum absolute atomic E-state index is 0.00135. The molecule has 94 valence electrons. The van der Waals surface area contributed by atoms with Gasteiger partial charge in [0.2, 0.25) is 0 Å². The topological polar surface area (TPSA) is 29.5 Å². The second-order valence-electron chi connectivity index (χ2n) is 3.93. The molecule has 2 rings (SSSR count). The number of aliphatic hydroxyl groups excluding tert-OH is 1. The zero-order valence-electron chi connectivity index (χ0n) is 9.78. The SMILES string of the molecule is Cc1cc(CO)ccc1Oc1ccc(F)cc1Br. The van der Waals surface area contributed by atoms with Crippen LogP contribution in [-0.4, -0.2) is 5.11 Å². The van der Waals surface area contributed by atoms with Gasteiger partial charge in [-0.05, 0) is 58.2 Å². The zero-order chi connectivity index (χ0) is 13.1. The third-order valence-electron chi connectivity index (χ3n) is 2.54. The Hall–Kier alpha value is -1.39. The molecule has 0 aliphatic heterocycles. The molecule has 0 aliphatic carbocycles. The first-order chi connectivity index (χ1) is 8.60. The van der Waals surface area contributed by atoms with Gasteiger partial charge < -0.3 is 9.84 Å². The Kier molecular flexibility index (Phi) is 3.99. The second kappa shape index (κ2) is 5.50. The number of halogens is 2. The minimum Gasteiger partial charge on any atom is -0.456 e. The average molecular weight is 311 g/mol. The van der Waals surface area contributed by atoms with Gasteiger partial charge in [0.15, 0.2) is 0 Å². The van der Waals surface area contributed by atoms with E-state index in [0.29, 0.717) is 16.0 Å². The highest BCUT2D eigenvalue weighted by molar-refractivity contribution is 9.10. The van der Waals surface area contributed by atoms with Gasteiger partial charge in [-0.25, -0.2) is 4.39 Å². The molecular weight excluding hydrogens is 299 g/mol. The van der Waals surface area contributed by atoms with Crippen LogP contribution >= 0.6 is 15.9 Å². The fourth-order valence-corrected chi connectivity index (χ4v) is 2.03. The molecule has 2 aromatic carbocycles. The van der Waals surface area contributed by atoms with Crippen molar-refractivity contribution in [1.29, 1.82) is 0 Å². The van der Waals surface area contributed by atoms with Gasteiger partial charge in [-0.2, -0.15) is 0 Å². The number of aliphatic hydroxyl groups is 1. The fourth-order valence-electron chi connectivity index (χ4n) is 1.60. The summed E-state index contributed by atoms with van der Waals surface area (Å²) in [4.78, 5) is 0. The van der Waals surface area contributed by atoms with Crippen LogP contribution in [0.5, 0.6) is 11.5 Å². The molecule has 0 saturated carbocycles. The fraction of sp³-hybridized carbons (Fsp3) is 0.143. The highest BCUT2D eigenvalue weighted by atomic mass is 79.9. The molecule has 2 nitrogen and oxygen atoms in total. The molecule has 0 saturated heterocycles. The highest BCUT2D eigenvalue weighted by Crippen LogP contribution is 2.32. The number of aryl methyl sites for hydroxylation is 1. The maximum absolute atomic E-state index is 13.0. The first-order valence-electron chi connectivity index (χ1n) is 5.43. The molecular formula is C14H12BrFO2. The van der Waals surface area contributed by atoms with Gasteiger partial charge in [-0.1, -0.05) is 12.1 Å². The van der Waals surface area contributed by atoms with Crippen molar-refractivity contribution in [3.63, 3.8) is 0 Å². The quantitative estimate of drug-likeness (QED) is 0.921. The Bertz CT molecular complexity index is 570. The summed E-state index contributed by atoms with van der Waals surface area (Å²) in [5.41, 5.74) is 1.75. The number of hydrogen-bond donors (Lipinski definition) is 1. The minimum atomic E-state index is -0.318. The van der Waals surface area contributed by atoms with Crippen LogP contribution in [0.4, 0.5) is 4.39 Å². The lowest BCUT2D eigenvalue weighted by molar-refractivity contribution is 0.281. The van der Waals surface area contributed by atoms with E-state index in [1.165, 1.54) is 12.1 Å². The van der Waals surface area contributed by atoms with Crippen LogP contribution in [0.15, 0.2) is 40.9 Å². The lowest BCUT2D eigenvalue weighted by atomic mass is 10.1. The van der Waals surface area contributed by atoms with Crippen molar-refractivity contribution in [3.8, 4) is 11.5 Å². The molecule has 4 heteroatoms. The first-order valence-corrected chi connectivity index (χ1v) is 6.23. The smallest absolute Gasteiger partial charge is 0.141 e. The van der Waals surface area contributed by atoms with Crippen LogP contribution in [0, 0.1) is 12.7 Å². The summed E-state index contributed by atoms with van der Waals surface area (Å²) in [7, 11) is 0. The third kappa shape index (κ3) is 2.89. The summed E-state index contributed by atoms with van der Waals surface area (Å²) in [5.74, 6) is 0.914. The molecule has 0 aliphatic rings. The first kappa shape index (κ1) is 13.1. The molecule has 0 amide bonds. The predicted octanol–water partition coefficient (Wildman–Crippen LogP) is 4.18. The Morgan fingerprint density at radius 2 is 1.89 bits per heavy atom. The molecule has 0 atom stereocenters. The van der Waals surface area contributed by atoms with Crippen LogP contribution in [-0.2, 0) is 6.61 Å². The van der Waals surface area contributed by atoms with Crippen LogP contribution in [0.3, 0.4) is 0 Å². The molecule has 1 N–H and O–H groups in total. The van der Waals surface area contributed by atoms with Crippen molar-refractivity contribution < 1.29 is 14.2 Å². The zero-order valence-corrected chi connectivity index (χ0v) is 11.4. The highest BCUT2D eigenvalue weighted by Gasteiger charge is 2.06. The third-order valence-corrected chi connectivity index (χ3v) is 3.16. The predicted molar refractivity (Wildman–Crippen MR) is 71.3 cm³/mol. The molecule has 0 spiro atoms. The van der Waals surface area contributed by atoms with Crippen molar-refractivity contribution in [2.45, 2.75) is 13.5 Å². The maximum Gasteiger partial charge on any atom is 0.141 e. The maximum atomic E-state index is 13.0. The van der Waals surface area contributed by atoms with Crippen LogP contribution in [0.2, 0.25) is 0 Å². The van der Waals surface area contributed by atoms with E-state index in [1.807, 2.05) is 13.0 Å². The number of benzene rings is 2. The van der Waals surface area contributed by atoms with Crippen LogP contribution in [0.1, 0.15) is 11.1 Å². The van der Waals surface area contributed by atoms with Crippen molar-refractivity contribution in [3.05, 3.63) is 57.8 Å². The summed E-state index contributed by atoms with van der Waals surface area (Å²) in [6.07, 6.45) is 0. The Morgan fingerprint density at radius 1 is 1.17 bits per heavy atom. The Balaban J connectivity index is 2.28. The average Bonchev–Trinajstić information content (AvgIpc) is 2.34. The Labute approximate surface area is 113 Å². The lowest BCUT2D eigenvalue weighted by Gasteiger charge is -2.11. The largest absolute Gasteiger partial charge is 0.456 e. The van der Waals surface area contributed by atoms with E-state index in [2.05, 4.69) is 15.9 Å². The second-order valence-corrected chi connectivity index (χ2v) is 4.79. The summed E-state index contributed by atoms with van der Waals surface area (Å²) in [6.45, 7) is 1.90. The molecule has 0 bridgehead atoms. The van der Waals surface area contributed by atoms with Gasteiger partial charge in [0.25, 0.3) is 0 Å². The standard InChI is InChI=1S/C14H12BrFO2/c1-9-6-10(8-17)2-4-13(9)18-14-5-3-11(16)7-12(14)15/h2-7,17H,8H2,1H3. The monoisotopic (exact) mass is 310 g/mol. The van der Waals surface area contributed by atoms with E-state index >= 15 is 0 Å². The molecule has 0 aromatic heterocycles. The number of hydrogen-bond acceptors (Lipinski definition) is 2. The van der Waals surface area contributed by atoms with Crippen molar-refractivity contribution >= 4 is 15.9 Å². The van der Waals surface area contributed by atoms with Gasteiger partial charge in [0.05, 0.1) is 11.1 Å². The van der Waals surface area contributed by atoms with Gasteiger partial charge >= 0.3 is 0 Å². The van der Waals surface area contributed by atoms with E-state index in [4.69, 9.17) is 9.84 Å². The van der Waals surface area contributed by atoms with Crippen LogP contribution < -0.4 is 4.74 Å². The van der Waals surface area contributed by atoms with E-state index < -0.39 is 0 Å². The van der Waals surface area contributed by atoms with Crippen molar-refractivity contribution in [2.24, 2.45) is 0 Å². The summed E-state index contributed by atoms with van der Waals surface area (Å²) in [6, 6.07) is 9.70. The summed E-state index contributed by atoms with van der Waals surface area (Å²) >= 11 is 3.25. The summed E-state index contributed by atoms with van der Waals surface area (Å²) < 4.78 is 19.2. The normalized spacial score (nSPS) is 10.4. The summed E-state index contributed by atoms with van der Waals surface area (Å²) in [5, 5.41) is 9.03. The van der Waals surface area contributed by atoms with Gasteiger partial charge in [0.1, 0.15) is 17.3 Å². The molecule has 0 heterocycles. The Morgan fingerprint density at radius 3 is 2.50 bits per heavy atom. The van der Waals surface area contributed by atoms with Gasteiger partial charge in [0, 0.05) is 0 Å².